The van der Waals surface area contributed by atoms with Crippen molar-refractivity contribution < 1.29 is 19.1 Å². The Morgan fingerprint density at radius 3 is 2.69 bits per heavy atom. The van der Waals surface area contributed by atoms with Crippen LogP contribution in [0.3, 0.4) is 0 Å². The summed E-state index contributed by atoms with van der Waals surface area (Å²) in [4.78, 5) is 28.7. The molecule has 3 rings (SSSR count). The molecule has 2 aromatic carbocycles. The number of amides is 2. The lowest BCUT2D eigenvalue weighted by atomic mass is 10.1. The molecule has 1 aromatic heterocycles. The first-order valence-electron chi connectivity index (χ1n) is 8.51. The molecule has 1 heterocycles. The number of aromatic nitrogens is 1. The summed E-state index contributed by atoms with van der Waals surface area (Å²) in [5, 5.41) is 7.88. The molecule has 7 nitrogen and oxygen atoms in total. The van der Waals surface area contributed by atoms with Crippen LogP contribution in [0.4, 0.5) is 5.13 Å². The number of ether oxygens (including phenoxy) is 2. The van der Waals surface area contributed by atoms with E-state index in [-0.39, 0.29) is 18.4 Å². The van der Waals surface area contributed by atoms with Gasteiger partial charge in [-0.25, -0.2) is 4.98 Å². The number of hydrogen-bond donors (Lipinski definition) is 2. The molecule has 0 aliphatic heterocycles. The number of nitrogens with one attached hydrogen (secondary N) is 2. The number of benzene rings is 2. The molecule has 0 aliphatic carbocycles. The third kappa shape index (κ3) is 5.24. The van der Waals surface area contributed by atoms with Gasteiger partial charge in [0.25, 0.3) is 5.91 Å². The Kier molecular flexibility index (Phi) is 6.69. The van der Waals surface area contributed by atoms with Gasteiger partial charge >= 0.3 is 0 Å². The Bertz CT molecular complexity index is 1040. The lowest BCUT2D eigenvalue weighted by molar-refractivity contribution is -0.115. The van der Waals surface area contributed by atoms with E-state index in [1.165, 1.54) is 17.4 Å². The van der Waals surface area contributed by atoms with E-state index in [4.69, 9.17) is 21.1 Å². The van der Waals surface area contributed by atoms with Crippen LogP contribution in [0.25, 0.3) is 11.3 Å². The number of nitrogens with zero attached hydrogens (tertiary/aromatic N) is 1. The Labute approximate surface area is 176 Å². The SMILES string of the molecule is COc1ccc(OC)c(-c2csc(NC(=O)CNC(=O)c3cccc(Cl)c3)n2)c1. The van der Waals surface area contributed by atoms with Gasteiger partial charge in [0.2, 0.25) is 5.91 Å². The molecule has 0 saturated carbocycles. The van der Waals surface area contributed by atoms with Gasteiger partial charge in [-0.05, 0) is 36.4 Å². The lowest BCUT2D eigenvalue weighted by Gasteiger charge is -2.08. The molecule has 3 aromatic rings. The van der Waals surface area contributed by atoms with E-state index in [1.807, 2.05) is 6.07 Å². The number of carbonyl (C=O) groups excluding carboxylic acids is 2. The number of anilines is 1. The summed E-state index contributed by atoms with van der Waals surface area (Å²) in [6.45, 7) is -0.192. The molecule has 0 bridgehead atoms. The summed E-state index contributed by atoms with van der Waals surface area (Å²) in [5.74, 6) is 0.536. The summed E-state index contributed by atoms with van der Waals surface area (Å²) in [5.41, 5.74) is 1.77. The highest BCUT2D eigenvalue weighted by atomic mass is 35.5. The van der Waals surface area contributed by atoms with Crippen LogP contribution in [0.2, 0.25) is 5.02 Å². The maximum absolute atomic E-state index is 12.2. The molecule has 0 unspecified atom stereocenters. The first kappa shape index (κ1) is 20.6. The van der Waals surface area contributed by atoms with Crippen LogP contribution in [0.1, 0.15) is 10.4 Å². The molecule has 2 amide bonds. The number of thiazole rings is 1. The average molecular weight is 432 g/mol. The summed E-state index contributed by atoms with van der Waals surface area (Å²) >= 11 is 7.14. The Morgan fingerprint density at radius 1 is 1.14 bits per heavy atom. The molecule has 0 saturated heterocycles. The summed E-state index contributed by atoms with van der Waals surface area (Å²) in [6, 6.07) is 11.9. The minimum absolute atomic E-state index is 0.192. The van der Waals surface area contributed by atoms with Crippen LogP contribution in [-0.4, -0.2) is 37.6 Å². The fourth-order valence-electron chi connectivity index (χ4n) is 2.52. The van der Waals surface area contributed by atoms with Crippen molar-refractivity contribution in [3.63, 3.8) is 0 Å². The van der Waals surface area contributed by atoms with Crippen molar-refractivity contribution in [1.29, 1.82) is 0 Å². The van der Waals surface area contributed by atoms with Crippen LogP contribution < -0.4 is 20.1 Å². The molecular formula is C20H18ClN3O4S. The van der Waals surface area contributed by atoms with E-state index in [1.54, 1.807) is 49.9 Å². The van der Waals surface area contributed by atoms with E-state index in [2.05, 4.69) is 15.6 Å². The number of halogens is 1. The zero-order valence-electron chi connectivity index (χ0n) is 15.7. The minimum Gasteiger partial charge on any atom is -0.497 e. The van der Waals surface area contributed by atoms with Gasteiger partial charge in [-0.1, -0.05) is 17.7 Å². The number of rotatable bonds is 7. The summed E-state index contributed by atoms with van der Waals surface area (Å²) < 4.78 is 10.6. The molecule has 2 N–H and O–H groups in total. The maximum Gasteiger partial charge on any atom is 0.251 e. The highest BCUT2D eigenvalue weighted by Gasteiger charge is 2.14. The maximum atomic E-state index is 12.2. The van der Waals surface area contributed by atoms with E-state index < -0.39 is 0 Å². The highest BCUT2D eigenvalue weighted by molar-refractivity contribution is 7.14. The van der Waals surface area contributed by atoms with Crippen LogP contribution >= 0.6 is 22.9 Å². The van der Waals surface area contributed by atoms with Crippen molar-refractivity contribution in [2.24, 2.45) is 0 Å². The van der Waals surface area contributed by atoms with Gasteiger partial charge < -0.3 is 20.1 Å². The normalized spacial score (nSPS) is 10.3. The topological polar surface area (TPSA) is 89.5 Å². The first-order valence-corrected chi connectivity index (χ1v) is 9.77. The molecule has 9 heteroatoms. The van der Waals surface area contributed by atoms with Crippen LogP contribution in [-0.2, 0) is 4.79 Å². The fourth-order valence-corrected chi connectivity index (χ4v) is 3.44. The Hall–Kier alpha value is -3.10. The van der Waals surface area contributed by atoms with Crippen molar-refractivity contribution in [2.45, 2.75) is 0 Å². The van der Waals surface area contributed by atoms with Gasteiger partial charge in [-0.2, -0.15) is 0 Å². The van der Waals surface area contributed by atoms with Gasteiger partial charge in [0.1, 0.15) is 11.5 Å². The third-order valence-electron chi connectivity index (χ3n) is 3.93. The Morgan fingerprint density at radius 2 is 1.97 bits per heavy atom. The molecule has 0 spiro atoms. The largest absolute Gasteiger partial charge is 0.497 e. The summed E-state index contributed by atoms with van der Waals surface area (Å²) in [6.07, 6.45) is 0. The van der Waals surface area contributed by atoms with E-state index in [0.29, 0.717) is 32.9 Å². The number of methoxy groups -OCH3 is 2. The van der Waals surface area contributed by atoms with Crippen molar-refractivity contribution in [3.8, 4) is 22.8 Å². The number of hydrogen-bond acceptors (Lipinski definition) is 6. The van der Waals surface area contributed by atoms with Crippen molar-refractivity contribution in [3.05, 3.63) is 58.4 Å². The van der Waals surface area contributed by atoms with Crippen LogP contribution in [0, 0.1) is 0 Å². The quantitative estimate of drug-likeness (QED) is 0.593. The van der Waals surface area contributed by atoms with Crippen molar-refractivity contribution >= 4 is 39.9 Å². The molecular weight excluding hydrogens is 414 g/mol. The monoisotopic (exact) mass is 431 g/mol. The smallest absolute Gasteiger partial charge is 0.251 e. The fraction of sp³-hybridized carbons (Fsp3) is 0.150. The summed E-state index contributed by atoms with van der Waals surface area (Å²) in [7, 11) is 3.15. The Balaban J connectivity index is 1.63. The second-order valence-corrected chi connectivity index (χ2v) is 7.14. The van der Waals surface area contributed by atoms with Crippen molar-refractivity contribution in [1.82, 2.24) is 10.3 Å². The van der Waals surface area contributed by atoms with Crippen molar-refractivity contribution in [2.75, 3.05) is 26.1 Å². The average Bonchev–Trinajstić information content (AvgIpc) is 3.19. The molecule has 0 atom stereocenters. The predicted octanol–water partition coefficient (Wildman–Crippen LogP) is 3.85. The molecule has 29 heavy (non-hydrogen) atoms. The molecule has 0 fully saturated rings. The molecule has 0 radical (unpaired) electrons. The minimum atomic E-state index is -0.390. The third-order valence-corrected chi connectivity index (χ3v) is 4.92. The van der Waals surface area contributed by atoms with Crippen LogP contribution in [0.15, 0.2) is 47.8 Å². The second kappa shape index (κ2) is 9.40. The second-order valence-electron chi connectivity index (χ2n) is 5.85. The van der Waals surface area contributed by atoms with Gasteiger partial charge in [-0.15, -0.1) is 11.3 Å². The number of carbonyl (C=O) groups is 2. The predicted molar refractivity (Wildman–Crippen MR) is 113 cm³/mol. The van der Waals surface area contributed by atoms with E-state index in [0.717, 1.165) is 5.56 Å². The van der Waals surface area contributed by atoms with Gasteiger partial charge in [0.15, 0.2) is 5.13 Å². The van der Waals surface area contributed by atoms with E-state index >= 15 is 0 Å². The molecule has 0 aliphatic rings. The van der Waals surface area contributed by atoms with Gasteiger partial charge in [0, 0.05) is 21.5 Å². The first-order chi connectivity index (χ1) is 14.0. The molecule has 150 valence electrons. The van der Waals surface area contributed by atoms with E-state index in [9.17, 15) is 9.59 Å². The van der Waals surface area contributed by atoms with Gasteiger partial charge in [0.05, 0.1) is 26.5 Å². The lowest BCUT2D eigenvalue weighted by Crippen LogP contribution is -2.32. The standard InChI is InChI=1S/C20H18ClN3O4S/c1-27-14-6-7-17(28-2)15(9-14)16-11-29-20(23-16)24-18(25)10-22-19(26)12-4-3-5-13(21)8-12/h3-9,11H,10H2,1-2H3,(H,22,26)(H,23,24,25). The zero-order valence-corrected chi connectivity index (χ0v) is 17.3. The zero-order chi connectivity index (χ0) is 20.8. The van der Waals surface area contributed by atoms with Crippen LogP contribution in [0.5, 0.6) is 11.5 Å². The van der Waals surface area contributed by atoms with Gasteiger partial charge in [-0.3, -0.25) is 9.59 Å². The highest BCUT2D eigenvalue weighted by Crippen LogP contribution is 2.34.